The second-order valence-electron chi connectivity index (χ2n) is 15.2. The van der Waals surface area contributed by atoms with Crippen molar-refractivity contribution in [3.05, 3.63) is 102 Å². The largest absolute Gasteiger partial charge is 0.453 e. The minimum absolute atomic E-state index is 0.0538. The summed E-state index contributed by atoms with van der Waals surface area (Å²) in [5.41, 5.74) is 5.86. The first-order chi connectivity index (χ1) is 26.9. The van der Waals surface area contributed by atoms with Crippen molar-refractivity contribution in [2.45, 2.75) is 89.4 Å². The summed E-state index contributed by atoms with van der Waals surface area (Å²) in [7, 11) is 2.55. The number of aromatic nitrogens is 4. The molecule has 1 fully saturated rings. The van der Waals surface area contributed by atoms with E-state index in [2.05, 4.69) is 72.9 Å². The topological polar surface area (TPSA) is 183 Å². The average Bonchev–Trinajstić information content (AvgIpc) is 4.01. The second kappa shape index (κ2) is 17.3. The number of alkyl carbamates (subject to hydrolysis) is 2. The molecule has 1 unspecified atom stereocenters. The van der Waals surface area contributed by atoms with Crippen molar-refractivity contribution >= 4 is 29.6 Å². The van der Waals surface area contributed by atoms with Crippen LogP contribution in [-0.4, -0.2) is 75.6 Å². The van der Waals surface area contributed by atoms with Crippen LogP contribution in [0.2, 0.25) is 0 Å². The monoisotopic (exact) mass is 764 g/mol. The molecule has 4 amide bonds. The third-order valence-electron chi connectivity index (χ3n) is 11.0. The number of ether oxygens (including phenoxy) is 2. The molecule has 5 atom stereocenters. The summed E-state index contributed by atoms with van der Waals surface area (Å²) in [6, 6.07) is 15.5. The Morgan fingerprint density at radius 3 is 2.23 bits per heavy atom. The quantitative estimate of drug-likeness (QED) is 0.106. The van der Waals surface area contributed by atoms with Crippen LogP contribution in [0.25, 0.3) is 16.8 Å². The first-order valence-electron chi connectivity index (χ1n) is 19.2. The molecule has 1 aliphatic carbocycles. The van der Waals surface area contributed by atoms with E-state index in [-0.39, 0.29) is 29.2 Å². The Bertz CT molecular complexity index is 2040. The number of imidazole rings is 2. The maximum atomic E-state index is 13.9. The van der Waals surface area contributed by atoms with Gasteiger partial charge in [0, 0.05) is 6.54 Å². The molecule has 3 heterocycles. The van der Waals surface area contributed by atoms with E-state index in [1.54, 1.807) is 6.20 Å². The fraction of sp³-hybridized carbons (Fsp3) is 0.429. The Kier molecular flexibility index (Phi) is 12.3. The lowest BCUT2D eigenvalue weighted by molar-refractivity contribution is -0.134. The molecule has 0 spiro atoms. The molecular weight excluding hydrogens is 713 g/mol. The normalized spacial score (nSPS) is 19.7. The highest BCUT2D eigenvalue weighted by molar-refractivity contribution is 5.87. The SMILES string of the molecule is COC(=O)N[C@H](C(=O)N[C@@H](C)c1ncc(-c2ccc(C3(C)CC=C(c4cnc([C@@H]5CCCN5C(=O)[C@H](NC(=O)OC)c5ccccc5)[nH]4)CC3)cc2)[nH]1)C(C)C. The highest BCUT2D eigenvalue weighted by Crippen LogP contribution is 2.42. The van der Waals surface area contributed by atoms with Gasteiger partial charge in [-0.25, -0.2) is 19.6 Å². The molecule has 0 saturated carbocycles. The van der Waals surface area contributed by atoms with E-state index in [1.807, 2.05) is 62.2 Å². The van der Waals surface area contributed by atoms with E-state index >= 15 is 0 Å². The molecule has 2 aromatic heterocycles. The van der Waals surface area contributed by atoms with Crippen molar-refractivity contribution in [2.75, 3.05) is 20.8 Å². The molecule has 0 bridgehead atoms. The fourth-order valence-electron chi connectivity index (χ4n) is 7.58. The molecule has 2 aliphatic rings. The number of hydrogen-bond acceptors (Lipinski definition) is 8. The molecule has 0 radical (unpaired) electrons. The molecule has 6 rings (SSSR count). The molecule has 2 aromatic carbocycles. The molecule has 1 saturated heterocycles. The number of benzene rings is 2. The van der Waals surface area contributed by atoms with Crippen LogP contribution in [0.5, 0.6) is 0 Å². The van der Waals surface area contributed by atoms with Gasteiger partial charge in [-0.05, 0) is 72.6 Å². The van der Waals surface area contributed by atoms with Gasteiger partial charge in [0.2, 0.25) is 5.91 Å². The van der Waals surface area contributed by atoms with Crippen LogP contribution in [-0.2, 0) is 24.5 Å². The van der Waals surface area contributed by atoms with Crippen LogP contribution in [0, 0.1) is 5.92 Å². The van der Waals surface area contributed by atoms with Crippen LogP contribution in [0.3, 0.4) is 0 Å². The van der Waals surface area contributed by atoms with Crippen LogP contribution in [0.1, 0.15) is 106 Å². The maximum Gasteiger partial charge on any atom is 0.407 e. The summed E-state index contributed by atoms with van der Waals surface area (Å²) in [5.74, 6) is 0.704. The van der Waals surface area contributed by atoms with Gasteiger partial charge < -0.3 is 40.3 Å². The molecule has 14 heteroatoms. The number of rotatable bonds is 12. The lowest BCUT2D eigenvalue weighted by Gasteiger charge is -2.33. The van der Waals surface area contributed by atoms with Gasteiger partial charge in [0.15, 0.2) is 0 Å². The molecular formula is C42H52N8O6. The van der Waals surface area contributed by atoms with Crippen molar-refractivity contribution in [2.24, 2.45) is 5.92 Å². The van der Waals surface area contributed by atoms with Gasteiger partial charge in [0.1, 0.15) is 23.7 Å². The van der Waals surface area contributed by atoms with E-state index < -0.39 is 30.3 Å². The Balaban J connectivity index is 1.08. The van der Waals surface area contributed by atoms with Gasteiger partial charge in [-0.1, -0.05) is 81.4 Å². The van der Waals surface area contributed by atoms with Crippen molar-refractivity contribution in [3.63, 3.8) is 0 Å². The average molecular weight is 765 g/mol. The van der Waals surface area contributed by atoms with Crippen LogP contribution in [0.4, 0.5) is 9.59 Å². The number of carbonyl (C=O) groups is 4. The highest BCUT2D eigenvalue weighted by Gasteiger charge is 2.37. The number of carbonyl (C=O) groups excluding carboxylic acids is 4. The lowest BCUT2D eigenvalue weighted by atomic mass is 9.71. The van der Waals surface area contributed by atoms with Crippen LogP contribution < -0.4 is 16.0 Å². The summed E-state index contributed by atoms with van der Waals surface area (Å²) in [6.45, 7) is 8.41. The molecule has 4 aromatic rings. The number of allylic oxidation sites excluding steroid dienone is 2. The van der Waals surface area contributed by atoms with Gasteiger partial charge in [-0.2, -0.15) is 0 Å². The summed E-state index contributed by atoms with van der Waals surface area (Å²) in [6.07, 6.45) is 8.88. The predicted octanol–water partition coefficient (Wildman–Crippen LogP) is 6.64. The number of nitrogens with one attached hydrogen (secondary N) is 5. The maximum absolute atomic E-state index is 13.9. The lowest BCUT2D eigenvalue weighted by Crippen LogP contribution is -2.50. The van der Waals surface area contributed by atoms with E-state index in [0.717, 1.165) is 54.9 Å². The molecule has 5 N–H and O–H groups in total. The predicted molar refractivity (Wildman–Crippen MR) is 211 cm³/mol. The summed E-state index contributed by atoms with van der Waals surface area (Å²) in [4.78, 5) is 68.8. The number of amides is 4. The number of hydrogen-bond donors (Lipinski definition) is 5. The number of nitrogens with zero attached hydrogens (tertiary/aromatic N) is 3. The van der Waals surface area contributed by atoms with Gasteiger partial charge in [0.25, 0.3) is 5.91 Å². The first-order valence-corrected chi connectivity index (χ1v) is 19.2. The fourth-order valence-corrected chi connectivity index (χ4v) is 7.58. The van der Waals surface area contributed by atoms with Crippen molar-refractivity contribution < 1.29 is 28.7 Å². The number of H-pyrrole nitrogens is 2. The zero-order valence-electron chi connectivity index (χ0n) is 32.8. The summed E-state index contributed by atoms with van der Waals surface area (Å²) >= 11 is 0. The third-order valence-corrected chi connectivity index (χ3v) is 11.0. The minimum Gasteiger partial charge on any atom is -0.453 e. The Morgan fingerprint density at radius 1 is 0.875 bits per heavy atom. The summed E-state index contributed by atoms with van der Waals surface area (Å²) in [5, 5.41) is 8.25. The zero-order chi connectivity index (χ0) is 40.0. The zero-order valence-corrected chi connectivity index (χ0v) is 32.8. The van der Waals surface area contributed by atoms with Crippen LogP contribution >= 0.6 is 0 Å². The van der Waals surface area contributed by atoms with Crippen LogP contribution in [0.15, 0.2) is 73.1 Å². The van der Waals surface area contributed by atoms with Gasteiger partial charge in [-0.15, -0.1) is 0 Å². The molecule has 14 nitrogen and oxygen atoms in total. The Hall–Kier alpha value is -5.92. The van der Waals surface area contributed by atoms with E-state index in [9.17, 15) is 19.2 Å². The smallest absolute Gasteiger partial charge is 0.407 e. The van der Waals surface area contributed by atoms with Crippen molar-refractivity contribution in [1.29, 1.82) is 0 Å². The first kappa shape index (κ1) is 39.8. The number of likely N-dealkylation sites (tertiary alicyclic amines) is 1. The second-order valence-corrected chi connectivity index (χ2v) is 15.2. The Morgan fingerprint density at radius 2 is 1.57 bits per heavy atom. The third kappa shape index (κ3) is 8.79. The van der Waals surface area contributed by atoms with E-state index in [0.29, 0.717) is 17.9 Å². The van der Waals surface area contributed by atoms with Gasteiger partial charge >= 0.3 is 12.2 Å². The molecule has 1 aliphatic heterocycles. The Labute approximate surface area is 327 Å². The van der Waals surface area contributed by atoms with E-state index in [4.69, 9.17) is 9.72 Å². The van der Waals surface area contributed by atoms with Gasteiger partial charge in [0.05, 0.1) is 50.1 Å². The van der Waals surface area contributed by atoms with Gasteiger partial charge in [-0.3, -0.25) is 9.59 Å². The number of methoxy groups -OCH3 is 2. The highest BCUT2D eigenvalue weighted by atomic mass is 16.5. The summed E-state index contributed by atoms with van der Waals surface area (Å²) < 4.78 is 9.51. The molecule has 56 heavy (non-hydrogen) atoms. The number of aromatic amines is 2. The standard InChI is InChI=1S/C42H52N8O6/c1-25(2)34(48-40(53)55-5)38(51)45-26(3)36-43-23-31(46-36)27-14-16-30(17-15-27)42(4)20-18-28(19-21-42)32-24-44-37(47-32)33-13-10-22-50(33)39(52)35(49-41(54)56-6)29-11-8-7-9-12-29/h7-9,11-12,14-18,23-26,33-35H,10,13,19-22H2,1-6H3,(H,43,46)(H,44,47)(H,45,51)(H,48,53)(H,49,54)/t26-,33-,34-,35+,42?/m0/s1. The van der Waals surface area contributed by atoms with Crippen molar-refractivity contribution in [3.8, 4) is 11.3 Å². The minimum atomic E-state index is -0.867. The van der Waals surface area contributed by atoms with Crippen molar-refractivity contribution in [1.82, 2.24) is 40.8 Å². The molecule has 296 valence electrons. The van der Waals surface area contributed by atoms with E-state index in [1.165, 1.54) is 25.4 Å².